The van der Waals surface area contributed by atoms with Gasteiger partial charge in [-0.15, -0.1) is 0 Å². The molecule has 0 aliphatic rings. The lowest BCUT2D eigenvalue weighted by Crippen LogP contribution is -1.29. The van der Waals surface area contributed by atoms with E-state index in [1.807, 2.05) is 0 Å². The molecule has 0 fully saturated rings. The molecule has 0 unspecified atom stereocenters. The highest BCUT2D eigenvalue weighted by Gasteiger charge is 0.752. The summed E-state index contributed by atoms with van der Waals surface area (Å²) in [7, 11) is 0. The van der Waals surface area contributed by atoms with Gasteiger partial charge in [0.05, 0.1) is 0 Å². The molecule has 0 saturated carbocycles. The first-order chi connectivity index (χ1) is 5.00. The zero-order valence-corrected chi connectivity index (χ0v) is 8.60. The van der Waals surface area contributed by atoms with Gasteiger partial charge in [0.2, 0.25) is 0 Å². The van der Waals surface area contributed by atoms with E-state index in [4.69, 9.17) is 52.0 Å². The monoisotopic (exact) mass is 375 g/mol. The SMILES string of the molecule is C.C.C.C.N.O.O.O.O.O.O.O.O=O.OO.OO.OO.OO. The molecule has 0 heterocycles. The Labute approximate surface area is 127 Å². The largest absolute Gasteiger partial charge is 0.412 e. The third kappa shape index (κ3) is 5650. The first-order valence-corrected chi connectivity index (χ1v) is 0.967. The summed E-state index contributed by atoms with van der Waals surface area (Å²) in [5.41, 5.74) is 0. The summed E-state index contributed by atoms with van der Waals surface area (Å²) < 4.78 is 0. The highest BCUT2D eigenvalue weighted by molar-refractivity contribution is 4.07. The molecule has 0 saturated heterocycles. The molecule has 0 aliphatic carbocycles. The third-order valence-corrected chi connectivity index (χ3v) is 0. The summed E-state index contributed by atoms with van der Waals surface area (Å²) >= 11 is 0. The second-order valence-corrected chi connectivity index (χ2v) is 0. The van der Waals surface area contributed by atoms with Gasteiger partial charge in [-0.25, -0.2) is 0 Å². The number of rotatable bonds is 0. The van der Waals surface area contributed by atoms with Gasteiger partial charge in [0.1, 0.15) is 0 Å². The fourth-order valence-corrected chi connectivity index (χ4v) is 0. The van der Waals surface area contributed by atoms with E-state index < -0.39 is 0 Å². The van der Waals surface area contributed by atoms with Gasteiger partial charge in [-0.05, 0) is 0 Å². The summed E-state index contributed by atoms with van der Waals surface area (Å²) in [4.78, 5) is 14.0. The van der Waals surface area contributed by atoms with Crippen LogP contribution in [0.1, 0.15) is 29.7 Å². The third-order valence-electron chi connectivity index (χ3n) is 0. The molecule has 0 aliphatic heterocycles. The first kappa shape index (κ1) is 533. The van der Waals surface area contributed by atoms with Crippen molar-refractivity contribution in [3.05, 3.63) is 9.93 Å². The van der Waals surface area contributed by atoms with Crippen molar-refractivity contribution >= 4 is 0 Å². The maximum atomic E-state index is 7.00. The van der Waals surface area contributed by atoms with Crippen LogP contribution in [-0.2, 0) is 0 Å². The van der Waals surface area contributed by atoms with Gasteiger partial charge in [-0.1, -0.05) is 29.7 Å². The van der Waals surface area contributed by atoms with Gasteiger partial charge in [0.25, 0.3) is 0 Å². The summed E-state index contributed by atoms with van der Waals surface area (Å²) in [6.45, 7) is 0. The second-order valence-electron chi connectivity index (χ2n) is 0. The Bertz CT molecular complexity index is 20.6. The lowest BCUT2D eigenvalue weighted by molar-refractivity contribution is -0.176. The molecule has 0 amide bonds. The lowest BCUT2D eigenvalue weighted by Gasteiger charge is -1.25. The molecule has 25 N–H and O–H groups in total. The molecule has 0 radical (unpaired) electrons. The molecule has 18 heteroatoms. The van der Waals surface area contributed by atoms with Crippen LogP contribution in [0.5, 0.6) is 0 Å². The Morgan fingerprint density at radius 1 is 0.318 bits per heavy atom. The fourth-order valence-electron chi connectivity index (χ4n) is 0. The average Bonchev–Trinajstić information content (AvgIpc) is 2.20. The minimum absolute atomic E-state index is 0. The Morgan fingerprint density at radius 2 is 0.318 bits per heavy atom. The molecule has 0 aromatic heterocycles. The van der Waals surface area contributed by atoms with Crippen LogP contribution in [0.3, 0.4) is 0 Å². The standard InChI is InChI=1S/4CH4.H3N.4H2O2.O2.7H2O/c;;;;;5*1-2;;;;;;;/h4*1H4;1H3;4*1-2H;;7*1H2. The van der Waals surface area contributed by atoms with Crippen LogP contribution in [0.4, 0.5) is 0 Å². The van der Waals surface area contributed by atoms with Crippen molar-refractivity contribution in [2.24, 2.45) is 0 Å². The van der Waals surface area contributed by atoms with Crippen molar-refractivity contribution in [3.8, 4) is 0 Å². The van der Waals surface area contributed by atoms with Gasteiger partial charge in [0.15, 0.2) is 0 Å². The normalized spacial score (nSPS) is 1.27. The Morgan fingerprint density at radius 3 is 0.318 bits per heavy atom. The van der Waals surface area contributed by atoms with Crippen LogP contribution in [-0.4, -0.2) is 80.4 Å². The van der Waals surface area contributed by atoms with Crippen molar-refractivity contribution in [2.75, 3.05) is 0 Å². The minimum Gasteiger partial charge on any atom is -0.412 e. The van der Waals surface area contributed by atoms with Crippen molar-refractivity contribution in [1.82, 2.24) is 6.15 Å². The fraction of sp³-hybridized carbons (Fsp3) is 1.00. The Hall–Kier alpha value is -1.04. The summed E-state index contributed by atoms with van der Waals surface area (Å²) in [5.74, 6) is 0. The van der Waals surface area contributed by atoms with Crippen molar-refractivity contribution in [3.63, 3.8) is 0 Å². The lowest BCUT2D eigenvalue weighted by atomic mass is 12.0. The topological polar surface area (TPSA) is 451 Å². The molecule has 0 aromatic rings. The Balaban J connectivity index is -0.000000000833. The van der Waals surface area contributed by atoms with Gasteiger partial charge >= 0.3 is 0 Å². The molecule has 0 aromatic carbocycles. The van der Waals surface area contributed by atoms with Gasteiger partial charge in [-0.2, -0.15) is 0 Å². The van der Waals surface area contributed by atoms with Crippen LogP contribution in [0.25, 0.3) is 0 Å². The van der Waals surface area contributed by atoms with Gasteiger partial charge in [-0.3, -0.25) is 42.1 Å². The van der Waals surface area contributed by atoms with Crippen LogP contribution < -0.4 is 6.15 Å². The van der Waals surface area contributed by atoms with Crippen LogP contribution in [0.2, 0.25) is 0 Å². The molecule has 0 rings (SSSR count). The number of hydrogen-bond acceptors (Lipinski definition) is 11. The van der Waals surface area contributed by atoms with E-state index in [1.54, 1.807) is 0 Å². The Kier molecular flexibility index (Phi) is 161000. The molecule has 22 heavy (non-hydrogen) atoms. The first-order valence-electron chi connectivity index (χ1n) is 0.967. The second kappa shape index (κ2) is 6630. The van der Waals surface area contributed by atoms with Crippen molar-refractivity contribution in [2.45, 2.75) is 29.7 Å². The summed E-state index contributed by atoms with van der Waals surface area (Å²) in [5, 5.41) is 48.0. The zero-order chi connectivity index (χ0) is 10.0. The van der Waals surface area contributed by atoms with E-state index >= 15 is 0 Å². The van der Waals surface area contributed by atoms with Crippen LogP contribution >= 0.6 is 0 Å². The summed E-state index contributed by atoms with van der Waals surface area (Å²) in [6, 6.07) is 0. The molecule has 0 spiro atoms. The van der Waals surface area contributed by atoms with E-state index in [-0.39, 0.29) is 74.2 Å². The molecule has 0 atom stereocenters. The molecular formula is C4H41NO17. The van der Waals surface area contributed by atoms with E-state index in [0.29, 0.717) is 0 Å². The zero-order valence-electron chi connectivity index (χ0n) is 8.60. The molecular weight excluding hydrogens is 334 g/mol. The average molecular weight is 375 g/mol. The maximum absolute atomic E-state index is 7.00. The minimum atomic E-state index is 0. The quantitative estimate of drug-likeness (QED) is 0.152. The number of hydrogen-bond donors (Lipinski definition) is 9. The smallest absolute Gasteiger partial charge is 0 e. The summed E-state index contributed by atoms with van der Waals surface area (Å²) in [6.07, 6.45) is 0. The molecule has 164 valence electrons. The highest BCUT2D eigenvalue weighted by Crippen LogP contribution is 0.741. The van der Waals surface area contributed by atoms with E-state index in [9.17, 15) is 0 Å². The van der Waals surface area contributed by atoms with E-state index in [0.717, 1.165) is 0 Å². The van der Waals surface area contributed by atoms with Crippen molar-refractivity contribution in [1.29, 1.82) is 0 Å². The van der Waals surface area contributed by atoms with Crippen molar-refractivity contribution < 1.29 is 80.4 Å². The molecule has 0 bridgehead atoms. The van der Waals surface area contributed by atoms with Gasteiger partial charge in [0, 0.05) is 9.93 Å². The predicted octanol–water partition coefficient (Wildman–Crippen LogP) is -2.93. The van der Waals surface area contributed by atoms with Crippen LogP contribution in [0, 0.1) is 9.93 Å². The van der Waals surface area contributed by atoms with Crippen LogP contribution in [0.15, 0.2) is 0 Å². The maximum Gasteiger partial charge on any atom is 0 e. The van der Waals surface area contributed by atoms with Gasteiger partial charge < -0.3 is 44.5 Å². The predicted molar refractivity (Wildman–Crippen MR) is 85.0 cm³/mol. The van der Waals surface area contributed by atoms with E-state index in [2.05, 4.69) is 0 Å². The van der Waals surface area contributed by atoms with E-state index in [1.165, 1.54) is 0 Å². The molecule has 18 nitrogen and oxygen atoms in total. The highest BCUT2D eigenvalue weighted by atomic mass is 17.0.